The van der Waals surface area contributed by atoms with Crippen molar-refractivity contribution in [2.45, 2.75) is 51.0 Å². The van der Waals surface area contributed by atoms with Gasteiger partial charge in [-0.25, -0.2) is 13.1 Å². The summed E-state index contributed by atoms with van der Waals surface area (Å²) in [4.78, 5) is 12.6. The molecule has 2 rings (SSSR count). The average Bonchev–Trinajstić information content (AvgIpc) is 2.52. The summed E-state index contributed by atoms with van der Waals surface area (Å²) in [5.74, 6) is 0.936. The van der Waals surface area contributed by atoms with Crippen LogP contribution in [-0.2, 0) is 10.0 Å². The van der Waals surface area contributed by atoms with E-state index in [2.05, 4.69) is 23.9 Å². The number of rotatable bonds is 5. The van der Waals surface area contributed by atoms with Crippen LogP contribution >= 0.6 is 0 Å². The predicted octanol–water partition coefficient (Wildman–Crippen LogP) is 2.54. The van der Waals surface area contributed by atoms with E-state index in [1.165, 1.54) is 18.6 Å². The van der Waals surface area contributed by atoms with Gasteiger partial charge in [-0.15, -0.1) is 0 Å². The number of amides is 1. The second-order valence-electron chi connectivity index (χ2n) is 6.37. The molecule has 0 spiro atoms. The lowest BCUT2D eigenvalue weighted by Gasteiger charge is -2.34. The van der Waals surface area contributed by atoms with Gasteiger partial charge in [0.15, 0.2) is 0 Å². The van der Waals surface area contributed by atoms with Crippen LogP contribution in [0.15, 0.2) is 29.2 Å². The van der Waals surface area contributed by atoms with Gasteiger partial charge < -0.3 is 5.32 Å². The monoisotopic (exact) mass is 338 g/mol. The zero-order valence-electron chi connectivity index (χ0n) is 14.0. The van der Waals surface area contributed by atoms with Gasteiger partial charge >= 0.3 is 0 Å². The Morgan fingerprint density at radius 1 is 1.17 bits per heavy atom. The van der Waals surface area contributed by atoms with Gasteiger partial charge in [0.05, 0.1) is 4.90 Å². The first-order chi connectivity index (χ1) is 10.8. The van der Waals surface area contributed by atoms with Crippen LogP contribution < -0.4 is 10.0 Å². The number of nitrogens with one attached hydrogen (secondary N) is 2. The summed E-state index contributed by atoms with van der Waals surface area (Å²) < 4.78 is 26.2. The highest BCUT2D eigenvalue weighted by atomic mass is 32.2. The summed E-state index contributed by atoms with van der Waals surface area (Å²) in [7, 11) is -3.48. The van der Waals surface area contributed by atoms with Crippen LogP contribution in [0.25, 0.3) is 0 Å². The largest absolute Gasteiger partial charge is 0.349 e. The van der Waals surface area contributed by atoms with Crippen molar-refractivity contribution in [2.75, 3.05) is 6.54 Å². The van der Waals surface area contributed by atoms with E-state index < -0.39 is 10.0 Å². The SMILES string of the molecule is CCNS(=O)(=O)c1ccc(C(=O)NC2CCCC(C)C2C)cc1. The summed E-state index contributed by atoms with van der Waals surface area (Å²) in [5, 5.41) is 3.09. The van der Waals surface area contributed by atoms with Crippen molar-refractivity contribution in [1.82, 2.24) is 10.0 Å². The van der Waals surface area contributed by atoms with Crippen LogP contribution in [0, 0.1) is 11.8 Å². The molecular formula is C17H26N2O3S. The van der Waals surface area contributed by atoms with Crippen molar-refractivity contribution >= 4 is 15.9 Å². The van der Waals surface area contributed by atoms with E-state index in [1.807, 2.05) is 0 Å². The molecule has 0 aliphatic heterocycles. The van der Waals surface area contributed by atoms with Gasteiger partial charge in [0.2, 0.25) is 10.0 Å². The Morgan fingerprint density at radius 3 is 2.43 bits per heavy atom. The molecule has 0 aromatic heterocycles. The Kier molecular flexibility index (Phi) is 5.81. The van der Waals surface area contributed by atoms with Crippen LogP contribution in [0.5, 0.6) is 0 Å². The van der Waals surface area contributed by atoms with Crippen LogP contribution in [0.3, 0.4) is 0 Å². The maximum Gasteiger partial charge on any atom is 0.251 e. The van der Waals surface area contributed by atoms with Crippen molar-refractivity contribution in [3.63, 3.8) is 0 Å². The van der Waals surface area contributed by atoms with E-state index >= 15 is 0 Å². The Bertz CT molecular complexity index is 640. The summed E-state index contributed by atoms with van der Waals surface area (Å²) in [5.41, 5.74) is 0.492. The van der Waals surface area contributed by atoms with Crippen LogP contribution in [-0.4, -0.2) is 26.9 Å². The van der Waals surface area contributed by atoms with Gasteiger partial charge in [0, 0.05) is 18.2 Å². The van der Waals surface area contributed by atoms with Crippen molar-refractivity contribution in [3.8, 4) is 0 Å². The van der Waals surface area contributed by atoms with Crippen molar-refractivity contribution < 1.29 is 13.2 Å². The van der Waals surface area contributed by atoms with Gasteiger partial charge in [-0.2, -0.15) is 0 Å². The number of sulfonamides is 1. The Hall–Kier alpha value is -1.40. The molecule has 1 amide bonds. The molecular weight excluding hydrogens is 312 g/mol. The normalized spacial score (nSPS) is 25.1. The molecule has 23 heavy (non-hydrogen) atoms. The van der Waals surface area contributed by atoms with Crippen molar-refractivity contribution in [3.05, 3.63) is 29.8 Å². The van der Waals surface area contributed by atoms with E-state index in [0.717, 1.165) is 12.8 Å². The van der Waals surface area contributed by atoms with Gasteiger partial charge in [0.1, 0.15) is 0 Å². The minimum Gasteiger partial charge on any atom is -0.349 e. The van der Waals surface area contributed by atoms with E-state index in [0.29, 0.717) is 23.9 Å². The first-order valence-electron chi connectivity index (χ1n) is 8.25. The fraction of sp³-hybridized carbons (Fsp3) is 0.588. The third-order valence-corrected chi connectivity index (χ3v) is 6.35. The average molecular weight is 338 g/mol. The molecule has 1 aromatic rings. The van der Waals surface area contributed by atoms with E-state index in [4.69, 9.17) is 0 Å². The number of carbonyl (C=O) groups excluding carboxylic acids is 1. The lowest BCUT2D eigenvalue weighted by atomic mass is 9.78. The number of benzene rings is 1. The lowest BCUT2D eigenvalue weighted by molar-refractivity contribution is 0.0891. The highest BCUT2D eigenvalue weighted by molar-refractivity contribution is 7.89. The van der Waals surface area contributed by atoms with Crippen molar-refractivity contribution in [1.29, 1.82) is 0 Å². The molecule has 3 atom stereocenters. The van der Waals surface area contributed by atoms with Gasteiger partial charge in [-0.1, -0.05) is 33.6 Å². The molecule has 0 heterocycles. The Balaban J connectivity index is 2.06. The quantitative estimate of drug-likeness (QED) is 0.866. The summed E-state index contributed by atoms with van der Waals surface area (Å²) >= 11 is 0. The van der Waals surface area contributed by atoms with Crippen molar-refractivity contribution in [2.24, 2.45) is 11.8 Å². The minimum atomic E-state index is -3.48. The molecule has 1 fully saturated rings. The molecule has 1 saturated carbocycles. The smallest absolute Gasteiger partial charge is 0.251 e. The van der Waals surface area contributed by atoms with Crippen LogP contribution in [0.2, 0.25) is 0 Å². The standard InChI is InChI=1S/C17H26N2O3S/c1-4-18-23(21,22)15-10-8-14(9-11-15)17(20)19-16-7-5-6-12(2)13(16)3/h8-13,16,18H,4-7H2,1-3H3,(H,19,20). The summed E-state index contributed by atoms with van der Waals surface area (Å²) in [6.45, 7) is 6.47. The van der Waals surface area contributed by atoms with E-state index in [1.54, 1.807) is 19.1 Å². The second kappa shape index (κ2) is 7.45. The van der Waals surface area contributed by atoms with Crippen LogP contribution in [0.1, 0.15) is 50.4 Å². The fourth-order valence-corrected chi connectivity index (χ4v) is 4.14. The molecule has 1 aliphatic rings. The maximum absolute atomic E-state index is 12.4. The Labute approximate surface area is 138 Å². The first-order valence-corrected chi connectivity index (χ1v) is 9.74. The van der Waals surface area contributed by atoms with Gasteiger partial charge in [-0.3, -0.25) is 4.79 Å². The highest BCUT2D eigenvalue weighted by Crippen LogP contribution is 2.29. The second-order valence-corrected chi connectivity index (χ2v) is 8.14. The van der Waals surface area contributed by atoms with Gasteiger partial charge in [-0.05, 0) is 42.5 Å². The molecule has 0 bridgehead atoms. The third-order valence-electron chi connectivity index (χ3n) is 4.78. The fourth-order valence-electron chi connectivity index (χ4n) is 3.10. The molecule has 0 radical (unpaired) electrons. The summed E-state index contributed by atoms with van der Waals surface area (Å²) in [6, 6.07) is 6.27. The molecule has 128 valence electrons. The number of carbonyl (C=O) groups is 1. The molecule has 0 saturated heterocycles. The zero-order chi connectivity index (χ0) is 17.0. The Morgan fingerprint density at radius 2 is 1.83 bits per heavy atom. The highest BCUT2D eigenvalue weighted by Gasteiger charge is 2.28. The predicted molar refractivity (Wildman–Crippen MR) is 90.7 cm³/mol. The van der Waals surface area contributed by atoms with E-state index in [9.17, 15) is 13.2 Å². The first kappa shape index (κ1) is 17.9. The molecule has 6 heteroatoms. The molecule has 5 nitrogen and oxygen atoms in total. The molecule has 1 aromatic carbocycles. The van der Waals surface area contributed by atoms with E-state index in [-0.39, 0.29) is 16.8 Å². The maximum atomic E-state index is 12.4. The minimum absolute atomic E-state index is 0.136. The zero-order valence-corrected chi connectivity index (χ0v) is 14.8. The summed E-state index contributed by atoms with van der Waals surface area (Å²) in [6.07, 6.45) is 3.35. The van der Waals surface area contributed by atoms with Crippen LogP contribution in [0.4, 0.5) is 0 Å². The number of hydrogen-bond donors (Lipinski definition) is 2. The molecule has 1 aliphatic carbocycles. The van der Waals surface area contributed by atoms with Gasteiger partial charge in [0.25, 0.3) is 5.91 Å². The third kappa shape index (κ3) is 4.32. The molecule has 3 unspecified atom stereocenters. The topological polar surface area (TPSA) is 75.3 Å². The lowest BCUT2D eigenvalue weighted by Crippen LogP contribution is -2.43. The molecule has 2 N–H and O–H groups in total. The number of hydrogen-bond acceptors (Lipinski definition) is 3.